The fourth-order valence-corrected chi connectivity index (χ4v) is 1.78. The minimum atomic E-state index is -2.20. The van der Waals surface area contributed by atoms with Gasteiger partial charge >= 0.3 is 0 Å². The van der Waals surface area contributed by atoms with E-state index in [0.29, 0.717) is 0 Å². The van der Waals surface area contributed by atoms with Gasteiger partial charge in [-0.3, -0.25) is 0 Å². The predicted octanol–water partition coefficient (Wildman–Crippen LogP) is 3.84. The summed E-state index contributed by atoms with van der Waals surface area (Å²) >= 11 is 0. The molecule has 0 aliphatic heterocycles. The molecule has 2 rings (SSSR count). The van der Waals surface area contributed by atoms with Crippen LogP contribution in [0, 0.1) is 40.4 Å². The maximum absolute atomic E-state index is 13.5. The highest BCUT2D eigenvalue weighted by molar-refractivity contribution is 5.41. The lowest BCUT2D eigenvalue weighted by molar-refractivity contribution is 0.371. The Labute approximate surface area is 110 Å². The van der Waals surface area contributed by atoms with Crippen molar-refractivity contribution in [1.29, 1.82) is 5.26 Å². The van der Waals surface area contributed by atoms with Crippen molar-refractivity contribution in [1.82, 2.24) is 0 Å². The van der Waals surface area contributed by atoms with E-state index in [4.69, 9.17) is 5.26 Å². The van der Waals surface area contributed by atoms with Crippen LogP contribution in [0.25, 0.3) is 0 Å². The van der Waals surface area contributed by atoms with E-state index < -0.39 is 41.1 Å². The first-order valence-corrected chi connectivity index (χ1v) is 5.45. The molecule has 0 unspecified atom stereocenters. The summed E-state index contributed by atoms with van der Waals surface area (Å²) in [5.41, 5.74) is -0.668. The molecule has 0 saturated heterocycles. The summed E-state index contributed by atoms with van der Waals surface area (Å²) in [6, 6.07) is 7.60. The van der Waals surface area contributed by atoms with Gasteiger partial charge < -0.3 is 0 Å². The SMILES string of the molecule is N#Cc1ccccc1Cc1c(F)c(F)c(F)c(F)c1F. The first kappa shape index (κ1) is 14.0. The Morgan fingerprint density at radius 2 is 1.30 bits per heavy atom. The Balaban J connectivity index is 2.58. The van der Waals surface area contributed by atoms with Crippen LogP contribution in [0.3, 0.4) is 0 Å². The van der Waals surface area contributed by atoms with E-state index in [1.165, 1.54) is 24.3 Å². The molecule has 0 aromatic heterocycles. The molecule has 0 bridgehead atoms. The molecule has 0 radical (unpaired) electrons. The third-order valence-corrected chi connectivity index (χ3v) is 2.81. The number of nitrogens with zero attached hydrogens (tertiary/aromatic N) is 1. The molecule has 0 amide bonds. The van der Waals surface area contributed by atoms with E-state index in [1.54, 1.807) is 6.07 Å². The van der Waals surface area contributed by atoms with Crippen molar-refractivity contribution in [3.63, 3.8) is 0 Å². The monoisotopic (exact) mass is 283 g/mol. The van der Waals surface area contributed by atoms with Crippen molar-refractivity contribution in [2.45, 2.75) is 6.42 Å². The van der Waals surface area contributed by atoms with Crippen LogP contribution in [-0.2, 0) is 6.42 Å². The summed E-state index contributed by atoms with van der Waals surface area (Å²) in [6.07, 6.45) is -0.560. The van der Waals surface area contributed by atoms with Crippen LogP contribution in [0.15, 0.2) is 24.3 Å². The van der Waals surface area contributed by atoms with Crippen molar-refractivity contribution in [3.05, 3.63) is 70.0 Å². The molecule has 6 heteroatoms. The van der Waals surface area contributed by atoms with Gasteiger partial charge in [0, 0.05) is 12.0 Å². The van der Waals surface area contributed by atoms with Gasteiger partial charge in [0.2, 0.25) is 5.82 Å². The normalized spacial score (nSPS) is 10.4. The Kier molecular flexibility index (Phi) is 3.70. The third-order valence-electron chi connectivity index (χ3n) is 2.81. The molecule has 0 fully saturated rings. The Morgan fingerprint density at radius 3 is 1.85 bits per heavy atom. The zero-order chi connectivity index (χ0) is 14.9. The summed E-state index contributed by atoms with van der Waals surface area (Å²) in [6.45, 7) is 0. The first-order chi connectivity index (χ1) is 9.47. The van der Waals surface area contributed by atoms with Crippen molar-refractivity contribution >= 4 is 0 Å². The van der Waals surface area contributed by atoms with Gasteiger partial charge in [-0.15, -0.1) is 0 Å². The largest absolute Gasteiger partial charge is 0.203 e. The molecule has 2 aromatic carbocycles. The lowest BCUT2D eigenvalue weighted by Gasteiger charge is -2.09. The molecule has 0 atom stereocenters. The molecule has 0 N–H and O–H groups in total. The minimum Gasteiger partial charge on any atom is -0.203 e. The van der Waals surface area contributed by atoms with Crippen LogP contribution in [0.2, 0.25) is 0 Å². The Hall–Kier alpha value is -2.42. The smallest absolute Gasteiger partial charge is 0.200 e. The zero-order valence-electron chi connectivity index (χ0n) is 9.85. The van der Waals surface area contributed by atoms with Crippen molar-refractivity contribution in [2.24, 2.45) is 0 Å². The standard InChI is InChI=1S/C14H6F5N/c15-10-9(11(16)13(18)14(19)12(10)17)5-7-3-1-2-4-8(7)6-20/h1-4H,5H2. The fraction of sp³-hybridized carbons (Fsp3) is 0.0714. The molecule has 0 spiro atoms. The maximum atomic E-state index is 13.5. The molecule has 2 aromatic rings. The van der Waals surface area contributed by atoms with Crippen LogP contribution in [0.5, 0.6) is 0 Å². The summed E-state index contributed by atoms with van der Waals surface area (Å²) in [5, 5.41) is 8.84. The van der Waals surface area contributed by atoms with Gasteiger partial charge in [0.15, 0.2) is 23.3 Å². The number of nitriles is 1. The lowest BCUT2D eigenvalue weighted by atomic mass is 9.99. The molecule has 102 valence electrons. The summed E-state index contributed by atoms with van der Waals surface area (Å²) in [7, 11) is 0. The third kappa shape index (κ3) is 2.23. The molecule has 0 saturated carbocycles. The van der Waals surface area contributed by atoms with Crippen LogP contribution < -0.4 is 0 Å². The topological polar surface area (TPSA) is 23.8 Å². The Bertz CT molecular complexity index is 689. The lowest BCUT2D eigenvalue weighted by Crippen LogP contribution is -2.08. The van der Waals surface area contributed by atoms with Crippen molar-refractivity contribution < 1.29 is 22.0 Å². The minimum absolute atomic E-state index is 0.108. The van der Waals surface area contributed by atoms with E-state index in [9.17, 15) is 22.0 Å². The number of hydrogen-bond donors (Lipinski definition) is 0. The van der Waals surface area contributed by atoms with Crippen LogP contribution in [0.4, 0.5) is 22.0 Å². The van der Waals surface area contributed by atoms with Crippen LogP contribution in [-0.4, -0.2) is 0 Å². The molecular weight excluding hydrogens is 277 g/mol. The van der Waals surface area contributed by atoms with Gasteiger partial charge in [0.05, 0.1) is 11.6 Å². The average molecular weight is 283 g/mol. The quantitative estimate of drug-likeness (QED) is 0.466. The van der Waals surface area contributed by atoms with Gasteiger partial charge in [-0.2, -0.15) is 5.26 Å². The molecule has 20 heavy (non-hydrogen) atoms. The maximum Gasteiger partial charge on any atom is 0.200 e. The average Bonchev–Trinajstić information content (AvgIpc) is 2.48. The van der Waals surface area contributed by atoms with Crippen molar-refractivity contribution in [2.75, 3.05) is 0 Å². The Morgan fingerprint density at radius 1 is 0.800 bits per heavy atom. The number of halogens is 5. The highest BCUT2D eigenvalue weighted by Crippen LogP contribution is 2.25. The molecular formula is C14H6F5N. The second-order valence-corrected chi connectivity index (χ2v) is 3.99. The van der Waals surface area contributed by atoms with Gasteiger partial charge in [-0.25, -0.2) is 22.0 Å². The summed E-state index contributed by atoms with van der Waals surface area (Å²) < 4.78 is 66.1. The number of hydrogen-bond acceptors (Lipinski definition) is 1. The van der Waals surface area contributed by atoms with E-state index >= 15 is 0 Å². The predicted molar refractivity (Wildman–Crippen MR) is 60.2 cm³/mol. The van der Waals surface area contributed by atoms with Crippen LogP contribution >= 0.6 is 0 Å². The van der Waals surface area contributed by atoms with Crippen LogP contribution in [0.1, 0.15) is 16.7 Å². The number of rotatable bonds is 2. The van der Waals surface area contributed by atoms with E-state index in [1.807, 2.05) is 0 Å². The molecule has 0 heterocycles. The first-order valence-electron chi connectivity index (χ1n) is 5.45. The van der Waals surface area contributed by atoms with E-state index in [2.05, 4.69) is 0 Å². The summed E-state index contributed by atoms with van der Waals surface area (Å²) in [5.74, 6) is -9.94. The van der Waals surface area contributed by atoms with Gasteiger partial charge in [0.1, 0.15) is 0 Å². The van der Waals surface area contributed by atoms with Crippen molar-refractivity contribution in [3.8, 4) is 6.07 Å². The summed E-state index contributed by atoms with van der Waals surface area (Å²) in [4.78, 5) is 0. The highest BCUT2D eigenvalue weighted by Gasteiger charge is 2.25. The molecule has 0 aliphatic carbocycles. The highest BCUT2D eigenvalue weighted by atomic mass is 19.2. The van der Waals surface area contributed by atoms with Gasteiger partial charge in [-0.1, -0.05) is 18.2 Å². The number of benzene rings is 2. The van der Waals surface area contributed by atoms with E-state index in [0.717, 1.165) is 0 Å². The van der Waals surface area contributed by atoms with Gasteiger partial charge in [0.25, 0.3) is 0 Å². The second-order valence-electron chi connectivity index (χ2n) is 3.99. The second kappa shape index (κ2) is 5.29. The van der Waals surface area contributed by atoms with E-state index in [-0.39, 0.29) is 11.1 Å². The molecule has 0 aliphatic rings. The fourth-order valence-electron chi connectivity index (χ4n) is 1.78. The molecule has 1 nitrogen and oxygen atoms in total. The zero-order valence-corrected chi connectivity index (χ0v) is 9.85. The van der Waals surface area contributed by atoms with Gasteiger partial charge in [-0.05, 0) is 11.6 Å².